The Balaban J connectivity index is 1.79. The smallest absolute Gasteiger partial charge is 0.271 e. The fourth-order valence-corrected chi connectivity index (χ4v) is 2.39. The van der Waals surface area contributed by atoms with Gasteiger partial charge in [0.1, 0.15) is 5.69 Å². The number of nitrogens with two attached hydrogens (primary N) is 1. The second-order valence-electron chi connectivity index (χ2n) is 5.09. The summed E-state index contributed by atoms with van der Waals surface area (Å²) in [6, 6.07) is 0.387. The second kappa shape index (κ2) is 6.68. The zero-order valence-corrected chi connectivity index (χ0v) is 11.5. The van der Waals surface area contributed by atoms with Crippen LogP contribution >= 0.6 is 0 Å². The van der Waals surface area contributed by atoms with Crippen molar-refractivity contribution in [1.82, 2.24) is 19.8 Å². The fraction of sp³-hybridized carbons (Fsp3) is 0.692. The quantitative estimate of drug-likeness (QED) is 0.762. The molecule has 6 heteroatoms. The summed E-state index contributed by atoms with van der Waals surface area (Å²) in [7, 11) is 0. The Morgan fingerprint density at radius 2 is 2.26 bits per heavy atom. The number of nitrogens with one attached hydrogen (secondary N) is 1. The Morgan fingerprint density at radius 1 is 1.53 bits per heavy atom. The summed E-state index contributed by atoms with van der Waals surface area (Å²) in [6.45, 7) is 6.33. The Kier molecular flexibility index (Phi) is 4.93. The number of hydrogen-bond donors (Lipinski definition) is 2. The number of hydrogen-bond acceptors (Lipinski definition) is 4. The van der Waals surface area contributed by atoms with Gasteiger partial charge in [-0.3, -0.25) is 9.69 Å². The minimum absolute atomic E-state index is 0.109. The van der Waals surface area contributed by atoms with Crippen LogP contribution in [0.1, 0.15) is 30.3 Å². The lowest BCUT2D eigenvalue weighted by atomic mass is 10.3. The van der Waals surface area contributed by atoms with Crippen LogP contribution in [-0.2, 0) is 6.54 Å². The summed E-state index contributed by atoms with van der Waals surface area (Å²) in [6.07, 6.45) is 5.91. The van der Waals surface area contributed by atoms with Gasteiger partial charge in [-0.25, -0.2) is 4.98 Å². The zero-order valence-electron chi connectivity index (χ0n) is 11.5. The largest absolute Gasteiger partial charge is 0.349 e. The van der Waals surface area contributed by atoms with Crippen molar-refractivity contribution >= 4 is 5.91 Å². The molecule has 1 unspecified atom stereocenters. The Hall–Kier alpha value is -1.40. The van der Waals surface area contributed by atoms with Crippen LogP contribution in [0.2, 0.25) is 0 Å². The van der Waals surface area contributed by atoms with E-state index in [1.165, 1.54) is 12.8 Å². The molecule has 0 bridgehead atoms. The SMILES string of the molecule is CC(CNC(=O)c1cn(CCN)cn1)N1CCCC1. The summed E-state index contributed by atoms with van der Waals surface area (Å²) in [5.74, 6) is -0.109. The van der Waals surface area contributed by atoms with Crippen molar-refractivity contribution in [2.75, 3.05) is 26.2 Å². The van der Waals surface area contributed by atoms with E-state index < -0.39 is 0 Å². The molecule has 3 N–H and O–H groups in total. The van der Waals surface area contributed by atoms with E-state index in [1.54, 1.807) is 12.5 Å². The molecule has 106 valence electrons. The molecule has 1 saturated heterocycles. The van der Waals surface area contributed by atoms with Gasteiger partial charge in [0.05, 0.1) is 6.33 Å². The number of aromatic nitrogens is 2. The standard InChI is InChI=1S/C13H23N5O/c1-11(18-5-2-3-6-18)8-15-13(19)12-9-17(7-4-14)10-16-12/h9-11H,2-8,14H2,1H3,(H,15,19). The lowest BCUT2D eigenvalue weighted by molar-refractivity contribution is 0.0935. The molecule has 2 rings (SSSR count). The minimum atomic E-state index is -0.109. The van der Waals surface area contributed by atoms with Crippen LogP contribution in [0.25, 0.3) is 0 Å². The normalized spacial score (nSPS) is 17.6. The molecular formula is C13H23N5O. The first-order valence-electron chi connectivity index (χ1n) is 6.95. The highest BCUT2D eigenvalue weighted by Crippen LogP contribution is 2.10. The van der Waals surface area contributed by atoms with Crippen molar-refractivity contribution in [3.8, 4) is 0 Å². The van der Waals surface area contributed by atoms with Gasteiger partial charge < -0.3 is 15.6 Å². The molecule has 1 aliphatic heterocycles. The molecule has 6 nitrogen and oxygen atoms in total. The first-order chi connectivity index (χ1) is 9.20. The number of carbonyl (C=O) groups excluding carboxylic acids is 1. The molecular weight excluding hydrogens is 242 g/mol. The predicted molar refractivity (Wildman–Crippen MR) is 73.9 cm³/mol. The third-order valence-electron chi connectivity index (χ3n) is 3.58. The van der Waals surface area contributed by atoms with E-state index in [2.05, 4.69) is 22.1 Å². The van der Waals surface area contributed by atoms with Crippen LogP contribution in [-0.4, -0.2) is 52.6 Å². The third-order valence-corrected chi connectivity index (χ3v) is 3.58. The van der Waals surface area contributed by atoms with Crippen molar-refractivity contribution in [1.29, 1.82) is 0 Å². The second-order valence-corrected chi connectivity index (χ2v) is 5.09. The van der Waals surface area contributed by atoms with E-state index in [9.17, 15) is 4.79 Å². The molecule has 1 fully saturated rings. The first kappa shape index (κ1) is 14.0. The van der Waals surface area contributed by atoms with Gasteiger partial charge in [0.25, 0.3) is 5.91 Å². The van der Waals surface area contributed by atoms with Crippen molar-refractivity contribution < 1.29 is 4.79 Å². The maximum absolute atomic E-state index is 11.9. The average Bonchev–Trinajstić information content (AvgIpc) is 3.06. The van der Waals surface area contributed by atoms with E-state index in [4.69, 9.17) is 5.73 Å². The molecule has 0 aromatic carbocycles. The highest BCUT2D eigenvalue weighted by Gasteiger charge is 2.19. The number of rotatable bonds is 6. The molecule has 19 heavy (non-hydrogen) atoms. The molecule has 2 heterocycles. The predicted octanol–water partition coefficient (Wildman–Crippen LogP) is 0.0559. The van der Waals surface area contributed by atoms with Crippen LogP contribution in [0.3, 0.4) is 0 Å². The number of likely N-dealkylation sites (tertiary alicyclic amines) is 1. The Morgan fingerprint density at radius 3 is 2.95 bits per heavy atom. The van der Waals surface area contributed by atoms with Crippen LogP contribution in [0.15, 0.2) is 12.5 Å². The van der Waals surface area contributed by atoms with Crippen molar-refractivity contribution in [2.24, 2.45) is 5.73 Å². The molecule has 1 aromatic heterocycles. The zero-order chi connectivity index (χ0) is 13.7. The third kappa shape index (κ3) is 3.78. The van der Waals surface area contributed by atoms with Crippen LogP contribution < -0.4 is 11.1 Å². The van der Waals surface area contributed by atoms with Crippen LogP contribution in [0, 0.1) is 0 Å². The Labute approximate surface area is 114 Å². The number of imidazole rings is 1. The maximum Gasteiger partial charge on any atom is 0.271 e. The molecule has 1 aromatic rings. The fourth-order valence-electron chi connectivity index (χ4n) is 2.39. The van der Waals surface area contributed by atoms with Gasteiger partial charge in [-0.05, 0) is 32.9 Å². The Bertz CT molecular complexity index is 411. The average molecular weight is 265 g/mol. The maximum atomic E-state index is 11.9. The summed E-state index contributed by atoms with van der Waals surface area (Å²) < 4.78 is 1.83. The lowest BCUT2D eigenvalue weighted by Gasteiger charge is -2.23. The molecule has 0 saturated carbocycles. The first-order valence-corrected chi connectivity index (χ1v) is 6.95. The van der Waals surface area contributed by atoms with Gasteiger partial charge in [-0.1, -0.05) is 0 Å². The molecule has 0 aliphatic carbocycles. The summed E-state index contributed by atoms with van der Waals surface area (Å²) in [5, 5.41) is 2.94. The van der Waals surface area contributed by atoms with Gasteiger partial charge in [-0.2, -0.15) is 0 Å². The monoisotopic (exact) mass is 265 g/mol. The number of nitrogens with zero attached hydrogens (tertiary/aromatic N) is 3. The minimum Gasteiger partial charge on any atom is -0.349 e. The number of carbonyl (C=O) groups is 1. The highest BCUT2D eigenvalue weighted by atomic mass is 16.1. The van der Waals surface area contributed by atoms with Gasteiger partial charge in [0.2, 0.25) is 0 Å². The lowest BCUT2D eigenvalue weighted by Crippen LogP contribution is -2.40. The van der Waals surface area contributed by atoms with Gasteiger partial charge >= 0.3 is 0 Å². The summed E-state index contributed by atoms with van der Waals surface area (Å²) in [5.41, 5.74) is 5.92. The van der Waals surface area contributed by atoms with E-state index >= 15 is 0 Å². The van der Waals surface area contributed by atoms with E-state index in [1.807, 2.05) is 4.57 Å². The van der Waals surface area contributed by atoms with Crippen LogP contribution in [0.4, 0.5) is 0 Å². The molecule has 1 aliphatic rings. The van der Waals surface area contributed by atoms with E-state index in [-0.39, 0.29) is 5.91 Å². The topological polar surface area (TPSA) is 76.2 Å². The van der Waals surface area contributed by atoms with Crippen molar-refractivity contribution in [3.63, 3.8) is 0 Å². The highest BCUT2D eigenvalue weighted by molar-refractivity contribution is 5.92. The van der Waals surface area contributed by atoms with Crippen molar-refractivity contribution in [2.45, 2.75) is 32.4 Å². The number of amides is 1. The molecule has 0 spiro atoms. The molecule has 1 amide bonds. The van der Waals surface area contributed by atoms with Gasteiger partial charge in [-0.15, -0.1) is 0 Å². The van der Waals surface area contributed by atoms with E-state index in [0.717, 1.165) is 13.1 Å². The van der Waals surface area contributed by atoms with Crippen LogP contribution in [0.5, 0.6) is 0 Å². The van der Waals surface area contributed by atoms with Gasteiger partial charge in [0.15, 0.2) is 0 Å². The molecule has 1 atom stereocenters. The summed E-state index contributed by atoms with van der Waals surface area (Å²) >= 11 is 0. The van der Waals surface area contributed by atoms with Gasteiger partial charge in [0, 0.05) is 31.9 Å². The van der Waals surface area contributed by atoms with Crippen molar-refractivity contribution in [3.05, 3.63) is 18.2 Å². The molecule has 0 radical (unpaired) electrons. The summed E-state index contributed by atoms with van der Waals surface area (Å²) in [4.78, 5) is 18.4. The van der Waals surface area contributed by atoms with E-state index in [0.29, 0.717) is 31.4 Å².